The molecule has 3 heterocycles. The van der Waals surface area contributed by atoms with Gasteiger partial charge >= 0.3 is 6.03 Å². The number of anilines is 2. The highest BCUT2D eigenvalue weighted by atomic mass is 32.1. The van der Waals surface area contributed by atoms with E-state index in [1.165, 1.54) is 11.3 Å². The van der Waals surface area contributed by atoms with Crippen LogP contribution in [0.4, 0.5) is 16.2 Å². The van der Waals surface area contributed by atoms with Gasteiger partial charge in [0.15, 0.2) is 0 Å². The van der Waals surface area contributed by atoms with Crippen LogP contribution < -0.4 is 15.5 Å². The zero-order chi connectivity index (χ0) is 19.8. The third kappa shape index (κ3) is 3.48. The van der Waals surface area contributed by atoms with Gasteiger partial charge in [-0.2, -0.15) is 0 Å². The molecule has 1 aliphatic rings. The second kappa shape index (κ2) is 7.31. The van der Waals surface area contributed by atoms with Gasteiger partial charge in [-0.1, -0.05) is 12.1 Å². The number of amides is 3. The number of urea groups is 1. The Morgan fingerprint density at radius 2 is 1.86 bits per heavy atom. The van der Waals surface area contributed by atoms with E-state index < -0.39 is 0 Å². The van der Waals surface area contributed by atoms with Crippen LogP contribution in [0.25, 0.3) is 20.1 Å². The predicted molar refractivity (Wildman–Crippen MR) is 118 cm³/mol. The topological polar surface area (TPSA) is 74.3 Å². The van der Waals surface area contributed by atoms with E-state index in [1.54, 1.807) is 28.4 Å². The highest BCUT2D eigenvalue weighted by Gasteiger charge is 2.21. The van der Waals surface area contributed by atoms with E-state index in [9.17, 15) is 9.59 Å². The molecule has 29 heavy (non-hydrogen) atoms. The number of hydrogen-bond acceptors (Lipinski definition) is 5. The number of thiazole rings is 1. The smallest absolute Gasteiger partial charge is 0.321 e. The molecule has 0 radical (unpaired) electrons. The van der Waals surface area contributed by atoms with Gasteiger partial charge in [-0.3, -0.25) is 9.69 Å². The molecule has 0 bridgehead atoms. The summed E-state index contributed by atoms with van der Waals surface area (Å²) in [6, 6.07) is 19.0. The first-order valence-corrected chi connectivity index (χ1v) is 10.7. The molecule has 0 spiro atoms. The van der Waals surface area contributed by atoms with Crippen molar-refractivity contribution in [3.8, 4) is 9.88 Å². The Morgan fingerprint density at radius 1 is 1.03 bits per heavy atom. The monoisotopic (exact) mass is 420 g/mol. The van der Waals surface area contributed by atoms with Gasteiger partial charge in [0.2, 0.25) is 0 Å². The Balaban J connectivity index is 1.30. The fourth-order valence-electron chi connectivity index (χ4n) is 3.19. The second-order valence-corrected chi connectivity index (χ2v) is 8.65. The highest BCUT2D eigenvalue weighted by Crippen LogP contribution is 2.34. The number of hydrogen-bond donors (Lipinski definition) is 2. The summed E-state index contributed by atoms with van der Waals surface area (Å²) in [5.41, 5.74) is 2.47. The quantitative estimate of drug-likeness (QED) is 0.498. The van der Waals surface area contributed by atoms with Crippen LogP contribution in [-0.4, -0.2) is 30.0 Å². The number of benzene rings is 2. The van der Waals surface area contributed by atoms with E-state index in [2.05, 4.69) is 15.6 Å². The van der Waals surface area contributed by atoms with Gasteiger partial charge in [-0.05, 0) is 48.5 Å². The maximum absolute atomic E-state index is 12.6. The summed E-state index contributed by atoms with van der Waals surface area (Å²) in [4.78, 5) is 32.3. The first-order valence-electron chi connectivity index (χ1n) is 9.10. The van der Waals surface area contributed by atoms with Crippen molar-refractivity contribution in [3.63, 3.8) is 0 Å². The van der Waals surface area contributed by atoms with Crippen LogP contribution in [0.5, 0.6) is 0 Å². The molecule has 1 fully saturated rings. The number of carbonyl (C=O) groups excluding carboxylic acids is 2. The molecular formula is C21H16N4O2S2. The van der Waals surface area contributed by atoms with Crippen molar-refractivity contribution in [3.05, 3.63) is 65.5 Å². The minimum atomic E-state index is -0.158. The SMILES string of the molecule is O=C(Nc1ccc(N2CCNC2=O)cc1)c1ccc(-c2nc3ccccc3s2)s1. The molecule has 2 N–H and O–H groups in total. The molecule has 1 aliphatic heterocycles. The van der Waals surface area contributed by atoms with Crippen LogP contribution in [0.1, 0.15) is 9.67 Å². The normalized spacial score (nSPS) is 13.7. The number of fused-ring (bicyclic) bond motifs is 1. The molecule has 6 nitrogen and oxygen atoms in total. The number of thiophene rings is 1. The Kier molecular flexibility index (Phi) is 4.49. The molecule has 4 aromatic rings. The number of carbonyl (C=O) groups is 2. The summed E-state index contributed by atoms with van der Waals surface area (Å²) in [5.74, 6) is -0.158. The molecule has 0 saturated carbocycles. The fourth-order valence-corrected chi connectivity index (χ4v) is 5.11. The zero-order valence-electron chi connectivity index (χ0n) is 15.2. The Hall–Kier alpha value is -3.23. The molecule has 8 heteroatoms. The third-order valence-electron chi connectivity index (χ3n) is 4.63. The molecule has 3 amide bonds. The maximum atomic E-state index is 12.6. The summed E-state index contributed by atoms with van der Waals surface area (Å²) in [6.07, 6.45) is 0. The molecule has 0 unspecified atom stereocenters. The number of rotatable bonds is 4. The van der Waals surface area contributed by atoms with Crippen molar-refractivity contribution in [2.24, 2.45) is 0 Å². The first-order chi connectivity index (χ1) is 14.2. The minimum absolute atomic E-state index is 0.0947. The standard InChI is InChI=1S/C21H16N4O2S2/c26-19(23-13-5-7-14(8-6-13)25-12-11-22-21(25)27)17-9-10-18(28-17)20-24-15-3-1-2-4-16(15)29-20/h1-10H,11-12H2,(H,22,27)(H,23,26). The van der Waals surface area contributed by atoms with Crippen molar-refractivity contribution < 1.29 is 9.59 Å². The molecular weight excluding hydrogens is 404 g/mol. The van der Waals surface area contributed by atoms with Gasteiger partial charge in [-0.25, -0.2) is 9.78 Å². The van der Waals surface area contributed by atoms with Crippen molar-refractivity contribution in [1.82, 2.24) is 10.3 Å². The van der Waals surface area contributed by atoms with Crippen molar-refractivity contribution in [2.75, 3.05) is 23.3 Å². The number of aromatic nitrogens is 1. The molecule has 144 valence electrons. The average Bonchev–Trinajstić information content (AvgIpc) is 3.47. The van der Waals surface area contributed by atoms with Crippen LogP contribution >= 0.6 is 22.7 Å². The molecule has 2 aromatic heterocycles. The van der Waals surface area contributed by atoms with Gasteiger partial charge < -0.3 is 10.6 Å². The van der Waals surface area contributed by atoms with Crippen LogP contribution in [-0.2, 0) is 0 Å². The Bertz CT molecular complexity index is 1180. The Morgan fingerprint density at radius 3 is 2.62 bits per heavy atom. The lowest BCUT2D eigenvalue weighted by Gasteiger charge is -2.14. The Labute approximate surface area is 174 Å². The molecule has 0 aliphatic carbocycles. The summed E-state index contributed by atoms with van der Waals surface area (Å²) < 4.78 is 1.13. The molecule has 1 saturated heterocycles. The van der Waals surface area contributed by atoms with E-state index in [4.69, 9.17) is 0 Å². The van der Waals surface area contributed by atoms with E-state index in [0.29, 0.717) is 23.7 Å². The van der Waals surface area contributed by atoms with E-state index in [0.717, 1.165) is 25.8 Å². The van der Waals surface area contributed by atoms with E-state index >= 15 is 0 Å². The first kappa shape index (κ1) is 17.8. The molecule has 5 rings (SSSR count). The lowest BCUT2D eigenvalue weighted by molar-refractivity contribution is 0.103. The summed E-state index contributed by atoms with van der Waals surface area (Å²) in [6.45, 7) is 1.29. The van der Waals surface area contributed by atoms with E-state index in [-0.39, 0.29) is 11.9 Å². The highest BCUT2D eigenvalue weighted by molar-refractivity contribution is 7.26. The lowest BCUT2D eigenvalue weighted by Crippen LogP contribution is -2.27. The third-order valence-corrected chi connectivity index (χ3v) is 6.92. The average molecular weight is 421 g/mol. The molecule has 0 atom stereocenters. The lowest BCUT2D eigenvalue weighted by atomic mass is 10.2. The van der Waals surface area contributed by atoms with Crippen molar-refractivity contribution >= 4 is 56.2 Å². The van der Waals surface area contributed by atoms with Crippen molar-refractivity contribution in [1.29, 1.82) is 0 Å². The van der Waals surface area contributed by atoms with Crippen LogP contribution in [0.15, 0.2) is 60.7 Å². The van der Waals surface area contributed by atoms with E-state index in [1.807, 2.05) is 48.5 Å². The number of nitrogens with one attached hydrogen (secondary N) is 2. The zero-order valence-corrected chi connectivity index (χ0v) is 16.8. The largest absolute Gasteiger partial charge is 0.336 e. The van der Waals surface area contributed by atoms with Gasteiger partial charge in [0, 0.05) is 24.5 Å². The fraction of sp³-hybridized carbons (Fsp3) is 0.0952. The van der Waals surface area contributed by atoms with Crippen molar-refractivity contribution in [2.45, 2.75) is 0 Å². The number of para-hydroxylation sites is 1. The predicted octanol–water partition coefficient (Wildman–Crippen LogP) is 4.81. The summed E-state index contributed by atoms with van der Waals surface area (Å²) >= 11 is 3.05. The second-order valence-electron chi connectivity index (χ2n) is 6.54. The van der Waals surface area contributed by atoms with Crippen LogP contribution in [0.3, 0.4) is 0 Å². The minimum Gasteiger partial charge on any atom is -0.336 e. The van der Waals surface area contributed by atoms with Gasteiger partial charge in [0.25, 0.3) is 5.91 Å². The van der Waals surface area contributed by atoms with Gasteiger partial charge in [0.05, 0.1) is 20.0 Å². The summed E-state index contributed by atoms with van der Waals surface area (Å²) in [7, 11) is 0. The van der Waals surface area contributed by atoms with Gasteiger partial charge in [-0.15, -0.1) is 22.7 Å². The molecule has 2 aromatic carbocycles. The van der Waals surface area contributed by atoms with Gasteiger partial charge in [0.1, 0.15) is 5.01 Å². The summed E-state index contributed by atoms with van der Waals surface area (Å²) in [5, 5.41) is 6.61. The number of nitrogens with zero attached hydrogens (tertiary/aromatic N) is 2. The van der Waals surface area contributed by atoms with Crippen LogP contribution in [0, 0.1) is 0 Å². The van der Waals surface area contributed by atoms with Crippen LogP contribution in [0.2, 0.25) is 0 Å². The maximum Gasteiger partial charge on any atom is 0.321 e.